The highest BCUT2D eigenvalue weighted by atomic mass is 32.2. The van der Waals surface area contributed by atoms with Gasteiger partial charge in [-0.3, -0.25) is 0 Å². The Bertz CT molecular complexity index is 157. The molecule has 0 amide bonds. The lowest BCUT2D eigenvalue weighted by molar-refractivity contribution is 0.938. The van der Waals surface area contributed by atoms with Gasteiger partial charge in [-0.2, -0.15) is 0 Å². The van der Waals surface area contributed by atoms with Gasteiger partial charge in [-0.15, -0.1) is 42.4 Å². The summed E-state index contributed by atoms with van der Waals surface area (Å²) >= 11 is 3.66. The van der Waals surface area contributed by atoms with E-state index in [2.05, 4.69) is 25.7 Å². The largest absolute Gasteiger partial charge is 0.147 e. The average Bonchev–Trinajstić information content (AvgIpc) is 2.02. The number of hydrogen-bond donors (Lipinski definition) is 0. The number of hydrogen-bond acceptors (Lipinski definition) is 2. The second-order valence-corrected chi connectivity index (χ2v) is 5.41. The zero-order valence-corrected chi connectivity index (χ0v) is 8.73. The van der Waals surface area contributed by atoms with Crippen LogP contribution >= 0.6 is 23.5 Å². The SMILES string of the molecule is C#CCC(C)(SC)SCC=C. The molecule has 0 aromatic heterocycles. The lowest BCUT2D eigenvalue weighted by atomic mass is 10.3. The number of terminal acetylenes is 1. The van der Waals surface area contributed by atoms with E-state index in [9.17, 15) is 0 Å². The zero-order chi connectivity index (χ0) is 8.74. The summed E-state index contributed by atoms with van der Waals surface area (Å²) in [5.74, 6) is 3.66. The van der Waals surface area contributed by atoms with Crippen LogP contribution in [0.4, 0.5) is 0 Å². The molecule has 2 heteroatoms. The Balaban J connectivity index is 3.89. The predicted molar refractivity (Wildman–Crippen MR) is 58.0 cm³/mol. The van der Waals surface area contributed by atoms with Crippen LogP contribution in [0.5, 0.6) is 0 Å². The van der Waals surface area contributed by atoms with Crippen molar-refractivity contribution in [1.29, 1.82) is 0 Å². The summed E-state index contributed by atoms with van der Waals surface area (Å²) in [5.41, 5.74) is 0. The summed E-state index contributed by atoms with van der Waals surface area (Å²) in [5, 5.41) is 0. The molecule has 0 radical (unpaired) electrons. The Kier molecular flexibility index (Phi) is 5.62. The van der Waals surface area contributed by atoms with Gasteiger partial charge in [0.05, 0.1) is 4.08 Å². The third-order valence-corrected chi connectivity index (χ3v) is 4.38. The van der Waals surface area contributed by atoms with Crippen molar-refractivity contribution >= 4 is 23.5 Å². The van der Waals surface area contributed by atoms with Crippen LogP contribution in [0.3, 0.4) is 0 Å². The van der Waals surface area contributed by atoms with Crippen LogP contribution in [-0.4, -0.2) is 16.1 Å². The first-order chi connectivity index (χ1) is 5.18. The molecule has 0 heterocycles. The van der Waals surface area contributed by atoms with E-state index in [1.807, 2.05) is 29.6 Å². The van der Waals surface area contributed by atoms with Gasteiger partial charge in [0.2, 0.25) is 0 Å². The van der Waals surface area contributed by atoms with Crippen molar-refractivity contribution in [2.24, 2.45) is 0 Å². The first-order valence-electron chi connectivity index (χ1n) is 3.42. The summed E-state index contributed by atoms with van der Waals surface area (Å²) in [6.07, 6.45) is 10.1. The molecule has 0 fully saturated rings. The van der Waals surface area contributed by atoms with Gasteiger partial charge in [-0.1, -0.05) is 6.08 Å². The molecule has 0 aliphatic carbocycles. The van der Waals surface area contributed by atoms with Crippen LogP contribution in [-0.2, 0) is 0 Å². The van der Waals surface area contributed by atoms with Crippen LogP contribution in [0.2, 0.25) is 0 Å². The van der Waals surface area contributed by atoms with Crippen LogP contribution in [0.1, 0.15) is 13.3 Å². The van der Waals surface area contributed by atoms with Crippen molar-refractivity contribution in [3.63, 3.8) is 0 Å². The fraction of sp³-hybridized carbons (Fsp3) is 0.556. The van der Waals surface area contributed by atoms with Gasteiger partial charge in [-0.05, 0) is 13.2 Å². The highest BCUT2D eigenvalue weighted by molar-refractivity contribution is 8.17. The van der Waals surface area contributed by atoms with Crippen molar-refractivity contribution in [2.45, 2.75) is 17.4 Å². The third-order valence-electron chi connectivity index (χ3n) is 1.36. The predicted octanol–water partition coefficient (Wildman–Crippen LogP) is 3.01. The second kappa shape index (κ2) is 5.62. The molecule has 0 saturated carbocycles. The molecule has 0 bridgehead atoms. The summed E-state index contributed by atoms with van der Waals surface area (Å²) in [4.78, 5) is 0. The van der Waals surface area contributed by atoms with Gasteiger partial charge < -0.3 is 0 Å². The minimum Gasteiger partial charge on any atom is -0.147 e. The Morgan fingerprint density at radius 2 is 2.36 bits per heavy atom. The molecule has 0 N–H and O–H groups in total. The molecule has 0 rings (SSSR count). The molecule has 0 nitrogen and oxygen atoms in total. The van der Waals surface area contributed by atoms with Crippen molar-refractivity contribution < 1.29 is 0 Å². The van der Waals surface area contributed by atoms with E-state index in [0.29, 0.717) is 0 Å². The highest BCUT2D eigenvalue weighted by Gasteiger charge is 2.20. The topological polar surface area (TPSA) is 0 Å². The smallest absolute Gasteiger partial charge is 0.0691 e. The van der Waals surface area contributed by atoms with E-state index in [4.69, 9.17) is 6.42 Å². The van der Waals surface area contributed by atoms with Crippen molar-refractivity contribution in [3.8, 4) is 12.3 Å². The Hall–Kier alpha value is -0.0000000000000000555. The van der Waals surface area contributed by atoms with E-state index < -0.39 is 0 Å². The minimum absolute atomic E-state index is 0.170. The fourth-order valence-electron chi connectivity index (χ4n) is 0.603. The van der Waals surface area contributed by atoms with Crippen LogP contribution in [0.25, 0.3) is 0 Å². The molecule has 11 heavy (non-hydrogen) atoms. The van der Waals surface area contributed by atoms with Gasteiger partial charge in [0.1, 0.15) is 0 Å². The lowest BCUT2D eigenvalue weighted by Crippen LogP contribution is -2.13. The maximum Gasteiger partial charge on any atom is 0.0691 e. The minimum atomic E-state index is 0.170. The molecule has 62 valence electrons. The molecule has 0 spiro atoms. The Labute approximate surface area is 78.2 Å². The molecular weight excluding hydrogens is 172 g/mol. The molecule has 1 atom stereocenters. The lowest BCUT2D eigenvalue weighted by Gasteiger charge is -2.23. The summed E-state index contributed by atoms with van der Waals surface area (Å²) in [6, 6.07) is 0. The molecular formula is C9H14S2. The molecule has 1 unspecified atom stereocenters. The molecule has 0 aliphatic rings. The van der Waals surface area contributed by atoms with Crippen LogP contribution < -0.4 is 0 Å². The Morgan fingerprint density at radius 1 is 1.73 bits per heavy atom. The summed E-state index contributed by atoms with van der Waals surface area (Å²) < 4.78 is 0.170. The number of rotatable bonds is 5. The standard InChI is InChI=1S/C9H14S2/c1-5-7-9(3,10-4)11-8-6-2/h1,6H,2,7-8H2,3-4H3. The second-order valence-electron chi connectivity index (χ2n) is 2.32. The van der Waals surface area contributed by atoms with E-state index in [1.54, 1.807) is 0 Å². The van der Waals surface area contributed by atoms with Crippen molar-refractivity contribution in [2.75, 3.05) is 12.0 Å². The normalized spacial score (nSPS) is 15.0. The third kappa shape index (κ3) is 4.44. The van der Waals surface area contributed by atoms with Crippen LogP contribution in [0.15, 0.2) is 12.7 Å². The number of thioether (sulfide) groups is 2. The first kappa shape index (κ1) is 11.0. The van der Waals surface area contributed by atoms with Gasteiger partial charge in [0.25, 0.3) is 0 Å². The van der Waals surface area contributed by atoms with Gasteiger partial charge in [0.15, 0.2) is 0 Å². The fourth-order valence-corrected chi connectivity index (χ4v) is 2.16. The van der Waals surface area contributed by atoms with Crippen molar-refractivity contribution in [1.82, 2.24) is 0 Å². The van der Waals surface area contributed by atoms with E-state index in [1.165, 1.54) is 0 Å². The Morgan fingerprint density at radius 3 is 2.73 bits per heavy atom. The summed E-state index contributed by atoms with van der Waals surface area (Å²) in [7, 11) is 0. The molecule has 0 aliphatic heterocycles. The summed E-state index contributed by atoms with van der Waals surface area (Å²) in [6.45, 7) is 5.85. The van der Waals surface area contributed by atoms with Gasteiger partial charge in [0, 0.05) is 12.2 Å². The maximum absolute atomic E-state index is 5.26. The molecule has 0 aromatic carbocycles. The quantitative estimate of drug-likeness (QED) is 0.368. The average molecular weight is 186 g/mol. The molecule has 0 aromatic rings. The van der Waals surface area contributed by atoms with Crippen LogP contribution in [0, 0.1) is 12.3 Å². The van der Waals surface area contributed by atoms with E-state index in [-0.39, 0.29) is 4.08 Å². The van der Waals surface area contributed by atoms with E-state index in [0.717, 1.165) is 12.2 Å². The molecule has 0 saturated heterocycles. The van der Waals surface area contributed by atoms with E-state index >= 15 is 0 Å². The van der Waals surface area contributed by atoms with Gasteiger partial charge >= 0.3 is 0 Å². The zero-order valence-electron chi connectivity index (χ0n) is 7.09. The van der Waals surface area contributed by atoms with Gasteiger partial charge in [-0.25, -0.2) is 0 Å². The first-order valence-corrected chi connectivity index (χ1v) is 5.63. The highest BCUT2D eigenvalue weighted by Crippen LogP contribution is 2.37. The maximum atomic E-state index is 5.26. The van der Waals surface area contributed by atoms with Crippen molar-refractivity contribution in [3.05, 3.63) is 12.7 Å². The monoisotopic (exact) mass is 186 g/mol.